The van der Waals surface area contributed by atoms with E-state index in [-0.39, 0.29) is 14.9 Å². The zero-order chi connectivity index (χ0) is 15.7. The molecule has 0 saturated heterocycles. The van der Waals surface area contributed by atoms with Crippen molar-refractivity contribution in [2.75, 3.05) is 0 Å². The summed E-state index contributed by atoms with van der Waals surface area (Å²) in [7, 11) is -3.66. The van der Waals surface area contributed by atoms with Crippen LogP contribution in [0, 0.1) is 6.92 Å². The van der Waals surface area contributed by atoms with Gasteiger partial charge in [-0.05, 0) is 19.1 Å². The van der Waals surface area contributed by atoms with Crippen molar-refractivity contribution >= 4 is 22.5 Å². The molecule has 0 aliphatic rings. The Morgan fingerprint density at radius 2 is 1.64 bits per heavy atom. The van der Waals surface area contributed by atoms with Crippen molar-refractivity contribution in [3.63, 3.8) is 0 Å². The van der Waals surface area contributed by atoms with Gasteiger partial charge in [-0.15, -0.1) is 12.6 Å². The van der Waals surface area contributed by atoms with Crippen LogP contribution in [0.5, 0.6) is 0 Å². The molecule has 0 radical (unpaired) electrons. The Hall–Kier alpha value is -2.05. The molecule has 0 spiro atoms. The maximum atomic E-state index is 12.6. The van der Waals surface area contributed by atoms with E-state index in [1.807, 2.05) is 31.2 Å². The van der Waals surface area contributed by atoms with E-state index in [4.69, 9.17) is 0 Å². The smallest absolute Gasteiger partial charge is 0.224 e. The molecule has 1 N–H and O–H groups in total. The van der Waals surface area contributed by atoms with Gasteiger partial charge in [0.25, 0.3) is 0 Å². The maximum Gasteiger partial charge on any atom is 0.224 e. The molecule has 0 bridgehead atoms. The van der Waals surface area contributed by atoms with Gasteiger partial charge < -0.3 is 4.98 Å². The predicted molar refractivity (Wildman–Crippen MR) is 87.9 cm³/mol. The quantitative estimate of drug-likeness (QED) is 0.722. The third-order valence-corrected chi connectivity index (χ3v) is 5.50. The van der Waals surface area contributed by atoms with Crippen molar-refractivity contribution in [1.29, 1.82) is 0 Å². The minimum absolute atomic E-state index is 0.0117. The molecule has 3 aromatic rings. The Morgan fingerprint density at radius 3 is 2.27 bits per heavy atom. The molecule has 0 fully saturated rings. The summed E-state index contributed by atoms with van der Waals surface area (Å²) in [6.07, 6.45) is 0. The van der Waals surface area contributed by atoms with Crippen LogP contribution >= 0.6 is 12.6 Å². The van der Waals surface area contributed by atoms with E-state index >= 15 is 0 Å². The number of rotatable bonds is 3. The summed E-state index contributed by atoms with van der Waals surface area (Å²) in [6, 6.07) is 15.9. The largest absolute Gasteiger partial charge is 0.328 e. The van der Waals surface area contributed by atoms with E-state index in [9.17, 15) is 8.42 Å². The highest BCUT2D eigenvalue weighted by Crippen LogP contribution is 2.28. The van der Waals surface area contributed by atoms with E-state index in [0.29, 0.717) is 5.82 Å². The van der Waals surface area contributed by atoms with Crippen LogP contribution in [-0.4, -0.2) is 18.4 Å². The second-order valence-corrected chi connectivity index (χ2v) is 7.23. The first-order chi connectivity index (χ1) is 10.5. The average Bonchev–Trinajstić information content (AvgIpc) is 2.91. The summed E-state index contributed by atoms with van der Waals surface area (Å²) in [6.45, 7) is 1.99. The van der Waals surface area contributed by atoms with Crippen LogP contribution in [0.3, 0.4) is 0 Å². The van der Waals surface area contributed by atoms with Crippen LogP contribution in [0.4, 0.5) is 0 Å². The number of sulfone groups is 1. The molecule has 3 rings (SSSR count). The maximum absolute atomic E-state index is 12.6. The van der Waals surface area contributed by atoms with E-state index < -0.39 is 9.84 Å². The van der Waals surface area contributed by atoms with Crippen molar-refractivity contribution in [2.45, 2.75) is 21.9 Å². The Kier molecular flexibility index (Phi) is 3.80. The second kappa shape index (κ2) is 5.62. The van der Waals surface area contributed by atoms with Gasteiger partial charge in [0.1, 0.15) is 10.9 Å². The number of nitrogens with one attached hydrogen (secondary N) is 1. The Balaban J connectivity index is 2.08. The van der Waals surface area contributed by atoms with Crippen LogP contribution < -0.4 is 0 Å². The fraction of sp³-hybridized carbons (Fsp3) is 0.0625. The Labute approximate surface area is 134 Å². The monoisotopic (exact) mass is 330 g/mol. The Bertz CT molecular complexity index is 899. The van der Waals surface area contributed by atoms with Gasteiger partial charge in [0.2, 0.25) is 9.84 Å². The molecule has 0 amide bonds. The molecular formula is C16H14N2O2S2. The average molecular weight is 330 g/mol. The first-order valence-electron chi connectivity index (χ1n) is 6.64. The number of nitrogens with zero attached hydrogens (tertiary/aromatic N) is 1. The van der Waals surface area contributed by atoms with Gasteiger partial charge in [-0.2, -0.15) is 0 Å². The standard InChI is InChI=1S/C16H14N2O2S2/c1-11-7-9-12(10-8-11)14-17-15(21)16(18-14)22(19,20)13-5-3-2-4-6-13/h2-10,21H,1H3,(H,17,18). The van der Waals surface area contributed by atoms with Gasteiger partial charge >= 0.3 is 0 Å². The second-order valence-electron chi connectivity index (χ2n) is 4.92. The number of aryl methyl sites for hydroxylation is 1. The number of imidazole rings is 1. The first kappa shape index (κ1) is 14.9. The van der Waals surface area contributed by atoms with Crippen molar-refractivity contribution in [3.8, 4) is 11.4 Å². The third-order valence-electron chi connectivity index (χ3n) is 3.30. The summed E-state index contributed by atoms with van der Waals surface area (Å²) >= 11 is 4.21. The number of aromatic nitrogens is 2. The molecule has 2 aromatic carbocycles. The summed E-state index contributed by atoms with van der Waals surface area (Å²) in [5.41, 5.74) is 1.94. The van der Waals surface area contributed by atoms with Gasteiger partial charge in [0.05, 0.1) is 4.90 Å². The molecule has 6 heteroatoms. The Morgan fingerprint density at radius 1 is 1.00 bits per heavy atom. The summed E-state index contributed by atoms with van der Waals surface area (Å²) in [4.78, 5) is 7.32. The van der Waals surface area contributed by atoms with Gasteiger partial charge in [-0.3, -0.25) is 0 Å². The molecule has 4 nitrogen and oxygen atoms in total. The minimum Gasteiger partial charge on any atom is -0.328 e. The highest BCUT2D eigenvalue weighted by atomic mass is 32.2. The lowest BCUT2D eigenvalue weighted by molar-refractivity contribution is 0.590. The molecule has 1 heterocycles. The van der Waals surface area contributed by atoms with Crippen molar-refractivity contribution in [2.24, 2.45) is 0 Å². The van der Waals surface area contributed by atoms with E-state index in [0.717, 1.165) is 11.1 Å². The highest BCUT2D eigenvalue weighted by Gasteiger charge is 2.24. The third kappa shape index (κ3) is 2.67. The molecule has 0 saturated carbocycles. The number of thiol groups is 1. The zero-order valence-corrected chi connectivity index (χ0v) is 13.5. The van der Waals surface area contributed by atoms with Crippen molar-refractivity contribution < 1.29 is 8.42 Å². The van der Waals surface area contributed by atoms with Gasteiger partial charge in [-0.25, -0.2) is 13.4 Å². The van der Waals surface area contributed by atoms with E-state index in [1.54, 1.807) is 30.3 Å². The summed E-state index contributed by atoms with van der Waals surface area (Å²) in [5, 5.41) is 0.178. The lowest BCUT2D eigenvalue weighted by Crippen LogP contribution is -2.03. The lowest BCUT2D eigenvalue weighted by Gasteiger charge is -2.02. The van der Waals surface area contributed by atoms with Crippen LogP contribution in [0.15, 0.2) is 69.5 Å². The number of aromatic amines is 1. The molecule has 22 heavy (non-hydrogen) atoms. The van der Waals surface area contributed by atoms with Crippen LogP contribution in [0.25, 0.3) is 11.4 Å². The molecule has 112 valence electrons. The lowest BCUT2D eigenvalue weighted by atomic mass is 10.1. The molecule has 0 aliphatic heterocycles. The van der Waals surface area contributed by atoms with Crippen molar-refractivity contribution in [3.05, 3.63) is 60.2 Å². The number of H-pyrrole nitrogens is 1. The normalized spacial score (nSPS) is 11.5. The van der Waals surface area contributed by atoms with Gasteiger partial charge in [-0.1, -0.05) is 48.0 Å². The first-order valence-corrected chi connectivity index (χ1v) is 8.57. The van der Waals surface area contributed by atoms with Gasteiger partial charge in [0.15, 0.2) is 5.03 Å². The predicted octanol–water partition coefficient (Wildman–Crippen LogP) is 3.51. The number of benzene rings is 2. The van der Waals surface area contributed by atoms with E-state index in [2.05, 4.69) is 22.6 Å². The molecule has 1 aromatic heterocycles. The highest BCUT2D eigenvalue weighted by molar-refractivity contribution is 7.92. The molecule has 0 unspecified atom stereocenters. The van der Waals surface area contributed by atoms with Crippen LogP contribution in [-0.2, 0) is 9.84 Å². The minimum atomic E-state index is -3.66. The number of hydrogen-bond acceptors (Lipinski definition) is 4. The summed E-state index contributed by atoms with van der Waals surface area (Å²) in [5.74, 6) is 0.486. The zero-order valence-electron chi connectivity index (χ0n) is 11.8. The topological polar surface area (TPSA) is 62.8 Å². The fourth-order valence-electron chi connectivity index (χ4n) is 2.10. The van der Waals surface area contributed by atoms with Crippen LogP contribution in [0.1, 0.15) is 5.56 Å². The van der Waals surface area contributed by atoms with E-state index in [1.165, 1.54) is 0 Å². The molecule has 0 aliphatic carbocycles. The molecule has 0 atom stereocenters. The SMILES string of the molecule is Cc1ccc(-c2nc(S)c(S(=O)(=O)c3ccccc3)[nH]2)cc1. The van der Waals surface area contributed by atoms with Crippen LogP contribution in [0.2, 0.25) is 0 Å². The van der Waals surface area contributed by atoms with Gasteiger partial charge in [0, 0.05) is 5.56 Å². The fourth-order valence-corrected chi connectivity index (χ4v) is 3.89. The van der Waals surface area contributed by atoms with Crippen molar-refractivity contribution in [1.82, 2.24) is 9.97 Å². The summed E-state index contributed by atoms with van der Waals surface area (Å²) < 4.78 is 25.3. The number of hydrogen-bond donors (Lipinski definition) is 2. The molecular weight excluding hydrogens is 316 g/mol.